The van der Waals surface area contributed by atoms with Crippen LogP contribution in [0, 0.1) is 0 Å². The Morgan fingerprint density at radius 3 is 1.45 bits per heavy atom. The maximum absolute atomic E-state index is 2.76. The minimum atomic E-state index is -0.332. The second kappa shape index (κ2) is 16.1. The Labute approximate surface area is 437 Å². The van der Waals surface area contributed by atoms with Gasteiger partial charge in [-0.25, -0.2) is 0 Å². The van der Waals surface area contributed by atoms with Gasteiger partial charge in [0, 0.05) is 50.9 Å². The zero-order valence-corrected chi connectivity index (χ0v) is 45.6. The molecule has 12 rings (SSSR count). The summed E-state index contributed by atoms with van der Waals surface area (Å²) in [6.07, 6.45) is 1.85. The summed E-state index contributed by atoms with van der Waals surface area (Å²) in [5, 5.41) is 0. The van der Waals surface area contributed by atoms with E-state index in [2.05, 4.69) is 281 Å². The number of hydrogen-bond donors (Lipinski definition) is 0. The van der Waals surface area contributed by atoms with Gasteiger partial charge in [-0.15, -0.1) is 0 Å². The standard InChI is InChI=1S/C69H72BN3/c1-64(2,3)47-27-32-52(33-28-47)71-59-38-31-50(66(7,8)9)39-57(59)70-56-37-36-54(42-60(56)72(53-34-29-48(30-35-53)65(4,5)6)62-41-51(67(10,11)12)40-61(71)63(62)70)73-58-26-20-19-25-55(58)69(49-23-15-14-16-24-49)44-46-22-18-17-21-45(46)43-68(69,73)13/h14-42H,43-44H2,1-13H3. The molecule has 1 aliphatic carbocycles. The monoisotopic (exact) mass is 954 g/mol. The van der Waals surface area contributed by atoms with E-state index in [4.69, 9.17) is 0 Å². The first-order valence-electron chi connectivity index (χ1n) is 26.9. The summed E-state index contributed by atoms with van der Waals surface area (Å²) in [7, 11) is 0. The van der Waals surface area contributed by atoms with E-state index in [1.807, 2.05) is 0 Å². The van der Waals surface area contributed by atoms with E-state index in [9.17, 15) is 0 Å². The minimum Gasteiger partial charge on any atom is -0.334 e. The molecule has 0 radical (unpaired) electrons. The molecule has 0 amide bonds. The molecule has 8 aromatic carbocycles. The van der Waals surface area contributed by atoms with Gasteiger partial charge in [0.25, 0.3) is 6.71 Å². The summed E-state index contributed by atoms with van der Waals surface area (Å²) < 4.78 is 0. The first-order chi connectivity index (χ1) is 34.6. The van der Waals surface area contributed by atoms with Crippen LogP contribution in [-0.2, 0) is 39.9 Å². The highest BCUT2D eigenvalue weighted by Gasteiger charge is 2.62. The van der Waals surface area contributed by atoms with E-state index >= 15 is 0 Å². The SMILES string of the molecule is CC(C)(C)c1ccc(N2c3ccc(C(C)(C)C)cc3B3c4ccc(N5c6ccccc6C6(c7ccccc7)Cc7ccccc7CC56C)cc4N(c4ccc(C(C)(C)C)cc4)c4cc(C(C)(C)C)cc2c43)cc1. The second-order valence-electron chi connectivity index (χ2n) is 26.2. The third kappa shape index (κ3) is 7.21. The predicted octanol–water partition coefficient (Wildman–Crippen LogP) is 16.0. The van der Waals surface area contributed by atoms with Crippen LogP contribution in [0.1, 0.15) is 135 Å². The molecule has 366 valence electrons. The number of nitrogens with zero attached hydrogens (tertiary/aromatic N) is 3. The molecular weight excluding hydrogens is 882 g/mol. The normalized spacial score (nSPS) is 18.9. The van der Waals surface area contributed by atoms with Crippen molar-refractivity contribution in [1.82, 2.24) is 0 Å². The van der Waals surface area contributed by atoms with Gasteiger partial charge >= 0.3 is 0 Å². The van der Waals surface area contributed by atoms with E-state index in [0.717, 1.165) is 12.8 Å². The van der Waals surface area contributed by atoms with Crippen molar-refractivity contribution in [2.75, 3.05) is 14.7 Å². The van der Waals surface area contributed by atoms with Gasteiger partial charge in [-0.1, -0.05) is 198 Å². The van der Waals surface area contributed by atoms with Crippen LogP contribution in [0.3, 0.4) is 0 Å². The van der Waals surface area contributed by atoms with Crippen LogP contribution in [0.5, 0.6) is 0 Å². The fourth-order valence-electron chi connectivity index (χ4n) is 13.4. The van der Waals surface area contributed by atoms with Crippen LogP contribution >= 0.6 is 0 Å². The molecule has 3 nitrogen and oxygen atoms in total. The van der Waals surface area contributed by atoms with Crippen molar-refractivity contribution < 1.29 is 0 Å². The van der Waals surface area contributed by atoms with Crippen molar-refractivity contribution in [1.29, 1.82) is 0 Å². The Balaban J connectivity index is 1.16. The molecule has 0 saturated heterocycles. The number of hydrogen-bond acceptors (Lipinski definition) is 3. The minimum absolute atomic E-state index is 0.0121. The zero-order chi connectivity index (χ0) is 51.2. The van der Waals surface area contributed by atoms with Gasteiger partial charge in [0.15, 0.2) is 0 Å². The fraction of sp³-hybridized carbons (Fsp3) is 0.304. The first kappa shape index (κ1) is 47.2. The Bertz CT molecular complexity index is 3470. The maximum Gasteiger partial charge on any atom is 0.252 e. The van der Waals surface area contributed by atoms with E-state index < -0.39 is 0 Å². The molecule has 2 atom stereocenters. The number of fused-ring (bicyclic) bond motifs is 8. The first-order valence-corrected chi connectivity index (χ1v) is 26.9. The molecule has 3 aliphatic heterocycles. The summed E-state index contributed by atoms with van der Waals surface area (Å²) in [5.41, 5.74) is 24.2. The maximum atomic E-state index is 2.76. The van der Waals surface area contributed by atoms with Crippen LogP contribution in [0.15, 0.2) is 176 Å². The van der Waals surface area contributed by atoms with Crippen LogP contribution in [-0.4, -0.2) is 12.3 Å². The Morgan fingerprint density at radius 1 is 0.384 bits per heavy atom. The molecule has 3 heterocycles. The van der Waals surface area contributed by atoms with Gasteiger partial charge in [-0.3, -0.25) is 0 Å². The summed E-state index contributed by atoms with van der Waals surface area (Å²) in [6.45, 7) is 30.6. The topological polar surface area (TPSA) is 9.72 Å². The van der Waals surface area contributed by atoms with Crippen molar-refractivity contribution in [3.63, 3.8) is 0 Å². The van der Waals surface area contributed by atoms with Crippen molar-refractivity contribution in [2.45, 2.75) is 135 Å². The molecular formula is C69H72BN3. The lowest BCUT2D eigenvalue weighted by atomic mass is 9.33. The summed E-state index contributed by atoms with van der Waals surface area (Å²) >= 11 is 0. The number of para-hydroxylation sites is 1. The van der Waals surface area contributed by atoms with Gasteiger partial charge in [-0.05, 0) is 163 Å². The molecule has 0 aromatic heterocycles. The summed E-state index contributed by atoms with van der Waals surface area (Å²) in [6, 6.07) is 68.9. The van der Waals surface area contributed by atoms with E-state index in [-0.39, 0.29) is 39.3 Å². The number of benzene rings is 8. The quantitative estimate of drug-likeness (QED) is 0.163. The van der Waals surface area contributed by atoms with Crippen LogP contribution in [0.25, 0.3) is 0 Å². The predicted molar refractivity (Wildman–Crippen MR) is 313 cm³/mol. The Morgan fingerprint density at radius 2 is 0.877 bits per heavy atom. The lowest BCUT2D eigenvalue weighted by Crippen LogP contribution is -2.62. The molecule has 0 N–H and O–H groups in total. The molecule has 73 heavy (non-hydrogen) atoms. The van der Waals surface area contributed by atoms with Gasteiger partial charge < -0.3 is 14.7 Å². The Kier molecular flexibility index (Phi) is 10.4. The highest BCUT2D eigenvalue weighted by molar-refractivity contribution is 7.00. The zero-order valence-electron chi connectivity index (χ0n) is 45.6. The third-order valence-electron chi connectivity index (χ3n) is 17.4. The molecule has 0 fully saturated rings. The van der Waals surface area contributed by atoms with E-state index in [1.54, 1.807) is 0 Å². The van der Waals surface area contributed by atoms with Gasteiger partial charge in [0.1, 0.15) is 0 Å². The third-order valence-corrected chi connectivity index (χ3v) is 17.4. The smallest absolute Gasteiger partial charge is 0.252 e. The molecule has 0 spiro atoms. The molecule has 4 heteroatoms. The lowest BCUT2D eigenvalue weighted by molar-refractivity contribution is 0.281. The fourth-order valence-corrected chi connectivity index (χ4v) is 13.4. The molecule has 0 saturated carbocycles. The van der Waals surface area contributed by atoms with E-state index in [0.29, 0.717) is 0 Å². The summed E-state index contributed by atoms with van der Waals surface area (Å²) in [4.78, 5) is 7.99. The summed E-state index contributed by atoms with van der Waals surface area (Å²) in [5.74, 6) is 0. The largest absolute Gasteiger partial charge is 0.334 e. The van der Waals surface area contributed by atoms with Crippen LogP contribution in [0.4, 0.5) is 45.5 Å². The number of anilines is 8. The molecule has 8 aromatic rings. The Hall–Kier alpha value is -6.78. The van der Waals surface area contributed by atoms with Crippen LogP contribution < -0.4 is 31.1 Å². The number of rotatable bonds is 4. The van der Waals surface area contributed by atoms with Crippen LogP contribution in [0.2, 0.25) is 0 Å². The highest BCUT2D eigenvalue weighted by Crippen LogP contribution is 2.63. The van der Waals surface area contributed by atoms with Gasteiger partial charge in [0.2, 0.25) is 0 Å². The van der Waals surface area contributed by atoms with E-state index in [1.165, 1.54) is 106 Å². The molecule has 0 bridgehead atoms. The second-order valence-corrected chi connectivity index (χ2v) is 26.2. The van der Waals surface area contributed by atoms with Crippen molar-refractivity contribution in [3.8, 4) is 0 Å². The van der Waals surface area contributed by atoms with Gasteiger partial charge in [0.05, 0.1) is 5.54 Å². The average Bonchev–Trinajstić information content (AvgIpc) is 3.58. The lowest BCUT2D eigenvalue weighted by Gasteiger charge is -2.53. The van der Waals surface area contributed by atoms with Crippen molar-refractivity contribution in [2.24, 2.45) is 0 Å². The molecule has 4 aliphatic rings. The van der Waals surface area contributed by atoms with Crippen molar-refractivity contribution >= 4 is 68.6 Å². The highest BCUT2D eigenvalue weighted by atomic mass is 15.3. The molecule has 2 unspecified atom stereocenters. The average molecular weight is 954 g/mol. The van der Waals surface area contributed by atoms with Gasteiger partial charge in [-0.2, -0.15) is 0 Å². The van der Waals surface area contributed by atoms with Crippen molar-refractivity contribution in [3.05, 3.63) is 220 Å².